The van der Waals surface area contributed by atoms with E-state index in [9.17, 15) is 8.42 Å². The molecule has 2 N–H and O–H groups in total. The van der Waals surface area contributed by atoms with Gasteiger partial charge in [-0.2, -0.15) is 0 Å². The third-order valence-corrected chi connectivity index (χ3v) is 4.21. The van der Waals surface area contributed by atoms with E-state index in [0.29, 0.717) is 5.75 Å². The molecule has 90 valence electrons. The van der Waals surface area contributed by atoms with Gasteiger partial charge in [0.1, 0.15) is 14.9 Å². The summed E-state index contributed by atoms with van der Waals surface area (Å²) in [7, 11) is -2.91. The highest BCUT2D eigenvalue weighted by molar-refractivity contribution is 8.00. The molecule has 0 aliphatic heterocycles. The topological polar surface area (TPSA) is 73.0 Å². The lowest BCUT2D eigenvalue weighted by molar-refractivity contribution is 0.603. The van der Waals surface area contributed by atoms with Crippen molar-refractivity contribution in [2.75, 3.05) is 17.8 Å². The minimum Gasteiger partial charge on any atom is -0.324 e. The molecule has 1 atom stereocenters. The third-order valence-electron chi connectivity index (χ3n) is 1.98. The van der Waals surface area contributed by atoms with Crippen molar-refractivity contribution in [1.29, 1.82) is 0 Å². The molecular weight excluding hydrogens is 244 g/mol. The number of nitrogens with zero attached hydrogens (tertiary/aromatic N) is 1. The van der Waals surface area contributed by atoms with E-state index in [0.717, 1.165) is 10.6 Å². The van der Waals surface area contributed by atoms with E-state index in [1.54, 1.807) is 6.20 Å². The van der Waals surface area contributed by atoms with Crippen LogP contribution in [0, 0.1) is 0 Å². The molecule has 0 aliphatic carbocycles. The second kappa shape index (κ2) is 5.65. The van der Waals surface area contributed by atoms with Gasteiger partial charge in [-0.05, 0) is 13.0 Å². The van der Waals surface area contributed by atoms with E-state index in [1.165, 1.54) is 18.0 Å². The fourth-order valence-corrected chi connectivity index (χ4v) is 3.45. The summed E-state index contributed by atoms with van der Waals surface area (Å²) in [6, 6.07) is 3.66. The van der Waals surface area contributed by atoms with Crippen molar-refractivity contribution in [3.63, 3.8) is 0 Å². The molecular formula is C10H16N2O2S2. The van der Waals surface area contributed by atoms with Gasteiger partial charge < -0.3 is 5.73 Å². The van der Waals surface area contributed by atoms with Gasteiger partial charge in [-0.3, -0.25) is 0 Å². The average molecular weight is 260 g/mol. The minimum atomic E-state index is -2.91. The van der Waals surface area contributed by atoms with Gasteiger partial charge in [-0.25, -0.2) is 13.4 Å². The molecule has 1 aromatic rings. The Morgan fingerprint density at radius 1 is 1.56 bits per heavy atom. The Balaban J connectivity index is 2.67. The third kappa shape index (κ3) is 4.51. The van der Waals surface area contributed by atoms with Crippen LogP contribution >= 0.6 is 11.8 Å². The summed E-state index contributed by atoms with van der Waals surface area (Å²) in [5.74, 6) is 0.669. The maximum absolute atomic E-state index is 11.0. The second-order valence-electron chi connectivity index (χ2n) is 3.66. The predicted molar refractivity (Wildman–Crippen MR) is 67.3 cm³/mol. The lowest BCUT2D eigenvalue weighted by Crippen LogP contribution is -2.09. The van der Waals surface area contributed by atoms with Crippen molar-refractivity contribution in [1.82, 2.24) is 4.98 Å². The number of aromatic nitrogens is 1. The van der Waals surface area contributed by atoms with Gasteiger partial charge in [0.25, 0.3) is 0 Å². The van der Waals surface area contributed by atoms with Crippen LogP contribution in [0.15, 0.2) is 23.4 Å². The average Bonchev–Trinajstić information content (AvgIpc) is 2.16. The molecule has 0 saturated heterocycles. The van der Waals surface area contributed by atoms with E-state index >= 15 is 0 Å². The number of nitrogens with two attached hydrogens (primary N) is 1. The Kier molecular flexibility index (Phi) is 4.76. The summed E-state index contributed by atoms with van der Waals surface area (Å²) in [4.78, 5) is 4.21. The number of thioether (sulfide) groups is 1. The van der Waals surface area contributed by atoms with Crippen LogP contribution in [-0.2, 0) is 9.84 Å². The van der Waals surface area contributed by atoms with Gasteiger partial charge >= 0.3 is 0 Å². The predicted octanol–water partition coefficient (Wildman–Crippen LogP) is 1.24. The molecule has 1 heterocycles. The lowest BCUT2D eigenvalue weighted by atomic mass is 10.2. The number of pyridine rings is 1. The van der Waals surface area contributed by atoms with Crippen LogP contribution in [0.3, 0.4) is 0 Å². The SMILES string of the molecule is C[C@@H](N)c1cccnc1SCCS(C)(=O)=O. The quantitative estimate of drug-likeness (QED) is 0.806. The van der Waals surface area contributed by atoms with E-state index < -0.39 is 9.84 Å². The maximum atomic E-state index is 11.0. The van der Waals surface area contributed by atoms with E-state index in [4.69, 9.17) is 5.73 Å². The zero-order chi connectivity index (χ0) is 12.2. The normalized spacial score (nSPS) is 13.7. The molecule has 0 bridgehead atoms. The molecule has 0 radical (unpaired) electrons. The van der Waals surface area contributed by atoms with Crippen LogP contribution in [0.4, 0.5) is 0 Å². The summed E-state index contributed by atoms with van der Waals surface area (Å²) in [5, 5.41) is 0.821. The molecule has 4 nitrogen and oxygen atoms in total. The standard InChI is InChI=1S/C10H16N2O2S2/c1-8(11)9-4-3-5-12-10(9)15-6-7-16(2,13)14/h3-5,8H,6-7,11H2,1-2H3/t8-/m1/s1. The van der Waals surface area contributed by atoms with Crippen LogP contribution in [0.5, 0.6) is 0 Å². The fraction of sp³-hybridized carbons (Fsp3) is 0.500. The Morgan fingerprint density at radius 2 is 2.25 bits per heavy atom. The highest BCUT2D eigenvalue weighted by Gasteiger charge is 2.09. The lowest BCUT2D eigenvalue weighted by Gasteiger charge is -2.10. The first-order valence-corrected chi connectivity index (χ1v) is 7.96. The molecule has 0 amide bonds. The number of hydrogen-bond donors (Lipinski definition) is 1. The fourth-order valence-electron chi connectivity index (χ4n) is 1.16. The van der Waals surface area contributed by atoms with Gasteiger partial charge in [0, 0.05) is 29.8 Å². The molecule has 0 fully saturated rings. The first-order chi connectivity index (χ1) is 7.40. The first kappa shape index (κ1) is 13.5. The zero-order valence-corrected chi connectivity index (χ0v) is 11.0. The second-order valence-corrected chi connectivity index (χ2v) is 7.01. The van der Waals surface area contributed by atoms with E-state index in [1.807, 2.05) is 19.1 Å². The monoisotopic (exact) mass is 260 g/mol. The molecule has 1 aromatic heterocycles. The smallest absolute Gasteiger partial charge is 0.148 e. The van der Waals surface area contributed by atoms with Crippen molar-refractivity contribution in [3.05, 3.63) is 23.9 Å². The highest BCUT2D eigenvalue weighted by Crippen LogP contribution is 2.23. The first-order valence-electron chi connectivity index (χ1n) is 4.91. The van der Waals surface area contributed by atoms with Crippen molar-refractivity contribution in [2.45, 2.75) is 18.0 Å². The van der Waals surface area contributed by atoms with Crippen molar-refractivity contribution < 1.29 is 8.42 Å². The summed E-state index contributed by atoms with van der Waals surface area (Å²) in [6.07, 6.45) is 2.92. The molecule has 0 saturated carbocycles. The van der Waals surface area contributed by atoms with Crippen LogP contribution in [0.2, 0.25) is 0 Å². The Morgan fingerprint density at radius 3 is 2.81 bits per heavy atom. The molecule has 0 aliphatic rings. The van der Waals surface area contributed by atoms with Crippen molar-refractivity contribution in [2.24, 2.45) is 5.73 Å². The minimum absolute atomic E-state index is 0.0885. The summed E-state index contributed by atoms with van der Waals surface area (Å²) < 4.78 is 22.0. The summed E-state index contributed by atoms with van der Waals surface area (Å²) in [5.41, 5.74) is 6.76. The molecule has 0 spiro atoms. The molecule has 0 unspecified atom stereocenters. The molecule has 0 aromatic carbocycles. The van der Waals surface area contributed by atoms with Crippen molar-refractivity contribution in [3.8, 4) is 0 Å². The maximum Gasteiger partial charge on any atom is 0.148 e. The Labute approximate surface area is 101 Å². The Hall–Kier alpha value is -0.590. The largest absolute Gasteiger partial charge is 0.324 e. The Bertz CT molecular complexity index is 444. The highest BCUT2D eigenvalue weighted by atomic mass is 32.2. The van der Waals surface area contributed by atoms with Crippen LogP contribution in [-0.4, -0.2) is 31.2 Å². The molecule has 6 heteroatoms. The van der Waals surface area contributed by atoms with Gasteiger partial charge in [-0.1, -0.05) is 6.07 Å². The van der Waals surface area contributed by atoms with Gasteiger partial charge in [-0.15, -0.1) is 11.8 Å². The van der Waals surface area contributed by atoms with Crippen LogP contribution in [0.1, 0.15) is 18.5 Å². The number of rotatable bonds is 5. The number of hydrogen-bond acceptors (Lipinski definition) is 5. The van der Waals surface area contributed by atoms with Crippen molar-refractivity contribution >= 4 is 21.6 Å². The van der Waals surface area contributed by atoms with E-state index in [2.05, 4.69) is 4.98 Å². The number of sulfone groups is 1. The van der Waals surface area contributed by atoms with Crippen LogP contribution in [0.25, 0.3) is 0 Å². The van der Waals surface area contributed by atoms with Crippen LogP contribution < -0.4 is 5.73 Å². The van der Waals surface area contributed by atoms with Gasteiger partial charge in [0.15, 0.2) is 0 Å². The van der Waals surface area contributed by atoms with Gasteiger partial charge in [0.2, 0.25) is 0 Å². The molecule has 16 heavy (non-hydrogen) atoms. The molecule has 1 rings (SSSR count). The summed E-state index contributed by atoms with van der Waals surface area (Å²) in [6.45, 7) is 1.89. The van der Waals surface area contributed by atoms with E-state index in [-0.39, 0.29) is 11.8 Å². The summed E-state index contributed by atoms with van der Waals surface area (Å²) >= 11 is 1.43. The van der Waals surface area contributed by atoms with Gasteiger partial charge in [0.05, 0.1) is 5.75 Å². The zero-order valence-electron chi connectivity index (χ0n) is 9.38.